The molecule has 0 N–H and O–H groups in total. The Morgan fingerprint density at radius 1 is 0.880 bits per heavy atom. The van der Waals surface area contributed by atoms with Gasteiger partial charge in [-0.15, -0.1) is 0 Å². The number of benzene rings is 3. The highest BCUT2D eigenvalue weighted by Crippen LogP contribution is 2.33. The number of halogens is 1. The van der Waals surface area contributed by atoms with E-state index in [2.05, 4.69) is 0 Å². The average molecular weight is 349 g/mol. The molecule has 3 aromatic carbocycles. The van der Waals surface area contributed by atoms with Gasteiger partial charge in [0, 0.05) is 10.6 Å². The van der Waals surface area contributed by atoms with Gasteiger partial charge in [0.2, 0.25) is 0 Å². The van der Waals surface area contributed by atoms with Crippen molar-refractivity contribution in [2.45, 2.75) is 0 Å². The van der Waals surface area contributed by atoms with E-state index in [1.165, 1.54) is 0 Å². The molecule has 3 nitrogen and oxygen atoms in total. The second-order valence-corrected chi connectivity index (χ2v) is 5.98. The van der Waals surface area contributed by atoms with Crippen molar-refractivity contribution in [2.75, 3.05) is 0 Å². The Balaban J connectivity index is 1.69. The summed E-state index contributed by atoms with van der Waals surface area (Å²) < 4.78 is 11.4. The third-order valence-electron chi connectivity index (χ3n) is 3.86. The van der Waals surface area contributed by atoms with Crippen molar-refractivity contribution in [1.82, 2.24) is 0 Å². The summed E-state index contributed by atoms with van der Waals surface area (Å²) in [6, 6.07) is 23.6. The third kappa shape index (κ3) is 3.14. The summed E-state index contributed by atoms with van der Waals surface area (Å²) >= 11 is 5.85. The van der Waals surface area contributed by atoms with E-state index in [0.29, 0.717) is 21.9 Å². The molecule has 0 aliphatic rings. The zero-order valence-electron chi connectivity index (χ0n) is 13.1. The van der Waals surface area contributed by atoms with Gasteiger partial charge in [0.1, 0.15) is 17.1 Å². The molecule has 0 radical (unpaired) electrons. The van der Waals surface area contributed by atoms with Crippen molar-refractivity contribution >= 4 is 28.5 Å². The van der Waals surface area contributed by atoms with Crippen LogP contribution in [-0.2, 0) is 0 Å². The molecule has 0 atom stereocenters. The quantitative estimate of drug-likeness (QED) is 0.338. The lowest BCUT2D eigenvalue weighted by molar-refractivity contribution is 0.0737. The molecule has 4 heteroatoms. The van der Waals surface area contributed by atoms with E-state index in [9.17, 15) is 4.79 Å². The van der Waals surface area contributed by atoms with E-state index in [4.69, 9.17) is 20.8 Å². The van der Waals surface area contributed by atoms with Gasteiger partial charge in [0.25, 0.3) is 0 Å². The van der Waals surface area contributed by atoms with Crippen LogP contribution in [0.5, 0.6) is 5.75 Å². The summed E-state index contributed by atoms with van der Waals surface area (Å²) in [5.74, 6) is 0.751. The van der Waals surface area contributed by atoms with Crippen LogP contribution in [0.1, 0.15) is 10.4 Å². The lowest BCUT2D eigenvalue weighted by Crippen LogP contribution is -2.08. The van der Waals surface area contributed by atoms with Crippen LogP contribution in [0.3, 0.4) is 0 Å². The number of carbonyl (C=O) groups excluding carboxylic acids is 1. The first-order valence-corrected chi connectivity index (χ1v) is 8.14. The predicted molar refractivity (Wildman–Crippen MR) is 98.1 cm³/mol. The summed E-state index contributed by atoms with van der Waals surface area (Å²) in [5, 5.41) is 1.32. The summed E-state index contributed by atoms with van der Waals surface area (Å²) in [6.45, 7) is 0. The highest BCUT2D eigenvalue weighted by atomic mass is 35.5. The molecule has 0 unspecified atom stereocenters. The number of hydrogen-bond acceptors (Lipinski definition) is 3. The monoisotopic (exact) mass is 348 g/mol. The van der Waals surface area contributed by atoms with Gasteiger partial charge in [-0.25, -0.2) is 4.79 Å². The van der Waals surface area contributed by atoms with E-state index in [-0.39, 0.29) is 0 Å². The molecule has 0 bridgehead atoms. The molecule has 0 amide bonds. The summed E-state index contributed by atoms with van der Waals surface area (Å²) in [7, 11) is 0. The lowest BCUT2D eigenvalue weighted by Gasteiger charge is -2.05. The van der Waals surface area contributed by atoms with Gasteiger partial charge in [0.15, 0.2) is 0 Å². The predicted octanol–water partition coefficient (Wildman–Crippen LogP) is 5.97. The van der Waals surface area contributed by atoms with E-state index < -0.39 is 5.97 Å². The number of hydrogen-bond donors (Lipinski definition) is 0. The highest BCUT2D eigenvalue weighted by Gasteiger charge is 2.14. The lowest BCUT2D eigenvalue weighted by atomic mass is 10.1. The fourth-order valence-electron chi connectivity index (χ4n) is 2.61. The Hall–Kier alpha value is -3.04. The minimum atomic E-state index is -0.438. The number of furan rings is 1. The van der Waals surface area contributed by atoms with Crippen LogP contribution in [0.2, 0.25) is 5.02 Å². The molecule has 4 aromatic rings. The van der Waals surface area contributed by atoms with Gasteiger partial charge >= 0.3 is 5.97 Å². The van der Waals surface area contributed by atoms with Crippen LogP contribution >= 0.6 is 11.6 Å². The maximum atomic E-state index is 12.3. The van der Waals surface area contributed by atoms with Gasteiger partial charge in [-0.3, -0.25) is 0 Å². The Labute approximate surface area is 149 Å². The Morgan fingerprint density at radius 3 is 2.40 bits per heavy atom. The van der Waals surface area contributed by atoms with Crippen molar-refractivity contribution in [3.05, 3.63) is 89.4 Å². The normalized spacial score (nSPS) is 10.8. The maximum absolute atomic E-state index is 12.3. The van der Waals surface area contributed by atoms with Gasteiger partial charge in [-0.05, 0) is 42.5 Å². The summed E-state index contributed by atoms with van der Waals surface area (Å²) in [5.41, 5.74) is 2.07. The molecule has 0 saturated carbocycles. The maximum Gasteiger partial charge on any atom is 0.343 e. The van der Waals surface area contributed by atoms with Gasteiger partial charge in [0.05, 0.1) is 10.9 Å². The highest BCUT2D eigenvalue weighted by molar-refractivity contribution is 6.30. The molecule has 0 saturated heterocycles. The standard InChI is InChI=1S/C21H13ClO3/c22-16-11-9-15(10-12-16)21(23)25-19-8-4-7-18-17(19)13-20(24-18)14-5-2-1-3-6-14/h1-13H. The van der Waals surface area contributed by atoms with E-state index in [1.807, 2.05) is 42.5 Å². The van der Waals surface area contributed by atoms with Crippen molar-refractivity contribution in [1.29, 1.82) is 0 Å². The largest absolute Gasteiger partial charge is 0.456 e. The number of rotatable bonds is 3. The van der Waals surface area contributed by atoms with Crippen molar-refractivity contribution < 1.29 is 13.9 Å². The molecule has 0 spiro atoms. The molecule has 4 rings (SSSR count). The minimum Gasteiger partial charge on any atom is -0.456 e. The van der Waals surface area contributed by atoms with Crippen LogP contribution in [-0.4, -0.2) is 5.97 Å². The molecule has 0 aliphatic carbocycles. The van der Waals surface area contributed by atoms with E-state index in [1.54, 1.807) is 36.4 Å². The zero-order chi connectivity index (χ0) is 17.2. The van der Waals surface area contributed by atoms with Crippen molar-refractivity contribution in [2.24, 2.45) is 0 Å². The molecule has 25 heavy (non-hydrogen) atoms. The average Bonchev–Trinajstić information content (AvgIpc) is 3.08. The number of esters is 1. The van der Waals surface area contributed by atoms with Crippen LogP contribution in [0.15, 0.2) is 83.3 Å². The number of carbonyl (C=O) groups is 1. The first-order valence-electron chi connectivity index (χ1n) is 7.76. The van der Waals surface area contributed by atoms with Crippen molar-refractivity contribution in [3.8, 4) is 17.1 Å². The molecule has 0 fully saturated rings. The van der Waals surface area contributed by atoms with Crippen LogP contribution < -0.4 is 4.74 Å². The van der Waals surface area contributed by atoms with Crippen LogP contribution in [0.4, 0.5) is 0 Å². The summed E-state index contributed by atoms with van der Waals surface area (Å²) in [6.07, 6.45) is 0. The first-order chi connectivity index (χ1) is 12.2. The second-order valence-electron chi connectivity index (χ2n) is 5.54. The Bertz CT molecular complexity index is 1030. The minimum absolute atomic E-state index is 0.438. The topological polar surface area (TPSA) is 39.4 Å². The fraction of sp³-hybridized carbons (Fsp3) is 0. The van der Waals surface area contributed by atoms with Gasteiger partial charge in [-0.1, -0.05) is 48.0 Å². The molecule has 122 valence electrons. The summed E-state index contributed by atoms with van der Waals surface area (Å²) in [4.78, 5) is 12.3. The molecular formula is C21H13ClO3. The second kappa shape index (κ2) is 6.46. The van der Waals surface area contributed by atoms with E-state index in [0.717, 1.165) is 16.7 Å². The SMILES string of the molecule is O=C(Oc1cccc2oc(-c3ccccc3)cc12)c1ccc(Cl)cc1. The molecule has 1 aromatic heterocycles. The Kier molecular flexibility index (Phi) is 4.00. The fourth-order valence-corrected chi connectivity index (χ4v) is 2.74. The number of ether oxygens (including phenoxy) is 1. The van der Waals surface area contributed by atoms with Gasteiger partial charge < -0.3 is 9.15 Å². The smallest absolute Gasteiger partial charge is 0.343 e. The Morgan fingerprint density at radius 2 is 1.64 bits per heavy atom. The van der Waals surface area contributed by atoms with Crippen LogP contribution in [0, 0.1) is 0 Å². The molecular weight excluding hydrogens is 336 g/mol. The molecule has 0 aliphatic heterocycles. The number of fused-ring (bicyclic) bond motifs is 1. The van der Waals surface area contributed by atoms with Crippen LogP contribution in [0.25, 0.3) is 22.3 Å². The molecule has 1 heterocycles. The third-order valence-corrected chi connectivity index (χ3v) is 4.11. The first kappa shape index (κ1) is 15.5. The van der Waals surface area contributed by atoms with E-state index >= 15 is 0 Å². The van der Waals surface area contributed by atoms with Gasteiger partial charge in [-0.2, -0.15) is 0 Å². The zero-order valence-corrected chi connectivity index (χ0v) is 13.9. The van der Waals surface area contributed by atoms with Crippen molar-refractivity contribution in [3.63, 3.8) is 0 Å².